The number of Topliss-reactive ketones (excluding diaryl/α,β-unsaturated/α-hetero) is 1. The summed E-state index contributed by atoms with van der Waals surface area (Å²) in [6.07, 6.45) is -4.50. The minimum atomic E-state index is -1.60. The third kappa shape index (κ3) is 10.8. The van der Waals surface area contributed by atoms with Crippen LogP contribution in [0.2, 0.25) is 5.28 Å². The molecule has 1 aliphatic heterocycles. The molecule has 1 aromatic carbocycles. The summed E-state index contributed by atoms with van der Waals surface area (Å²) in [6.45, 7) is 15.4. The Morgan fingerprint density at radius 3 is 2.22 bits per heavy atom. The normalized spacial score (nSPS) is 19.5. The van der Waals surface area contributed by atoms with Crippen molar-refractivity contribution < 1.29 is 52.4 Å². The van der Waals surface area contributed by atoms with E-state index in [9.17, 15) is 24.0 Å². The molecule has 0 spiro atoms. The van der Waals surface area contributed by atoms with Crippen molar-refractivity contribution in [3.63, 3.8) is 0 Å². The SMILES string of the molecule is CCOC(=O)C(OC[C@H]1O[C@@H](n2cnc3c(N(C(=O)OC(C)(C)C)C(=O)OC(C)(C)C)nc(Cl)nc32)[C@H](OC(C)=O)[C@@]1(C)C#Cc1ccn(Cc2ccccc2)n1)C(C)=O. The smallest absolute Gasteiger partial charge is 0.425 e. The maximum atomic E-state index is 13.6. The zero-order valence-electron chi connectivity index (χ0n) is 35.0. The molecule has 0 aliphatic carbocycles. The topological polar surface area (TPSA) is 205 Å². The second-order valence-corrected chi connectivity index (χ2v) is 16.3. The number of anilines is 1. The van der Waals surface area contributed by atoms with Gasteiger partial charge in [-0.2, -0.15) is 20.0 Å². The quantitative estimate of drug-likeness (QED) is 0.0573. The van der Waals surface area contributed by atoms with Crippen molar-refractivity contribution >= 4 is 58.5 Å². The molecule has 2 amide bonds. The molecule has 1 saturated heterocycles. The van der Waals surface area contributed by atoms with Crippen molar-refractivity contribution in [2.45, 2.75) is 112 Å². The van der Waals surface area contributed by atoms with Gasteiger partial charge in [-0.05, 0) is 91.5 Å². The number of carbonyl (C=O) groups is 5. The van der Waals surface area contributed by atoms with Gasteiger partial charge in [-0.1, -0.05) is 36.3 Å². The molecule has 18 nitrogen and oxygen atoms in total. The van der Waals surface area contributed by atoms with Gasteiger partial charge in [0.25, 0.3) is 0 Å². The number of carbonyl (C=O) groups excluding carboxylic acids is 5. The molecular formula is C41H48ClN7O11. The molecule has 5 atom stereocenters. The molecule has 60 heavy (non-hydrogen) atoms. The first-order chi connectivity index (χ1) is 28.1. The Labute approximate surface area is 351 Å². The summed E-state index contributed by atoms with van der Waals surface area (Å²) in [6, 6.07) is 11.4. The highest BCUT2D eigenvalue weighted by molar-refractivity contribution is 6.29. The van der Waals surface area contributed by atoms with Crippen LogP contribution in [0, 0.1) is 17.3 Å². The number of aromatic nitrogens is 6. The van der Waals surface area contributed by atoms with E-state index in [0.717, 1.165) is 5.56 Å². The van der Waals surface area contributed by atoms with Gasteiger partial charge in [-0.25, -0.2) is 19.4 Å². The van der Waals surface area contributed by atoms with Crippen molar-refractivity contribution in [1.82, 2.24) is 29.3 Å². The molecule has 3 aromatic heterocycles. The maximum Gasteiger partial charge on any atom is 0.425 e. The number of imide groups is 1. The summed E-state index contributed by atoms with van der Waals surface area (Å²) in [4.78, 5) is 79.0. The largest absolute Gasteiger partial charge is 0.464 e. The van der Waals surface area contributed by atoms with E-state index < -0.39 is 83.0 Å². The van der Waals surface area contributed by atoms with Crippen LogP contribution in [-0.4, -0.2) is 102 Å². The zero-order chi connectivity index (χ0) is 44.2. The van der Waals surface area contributed by atoms with Crippen LogP contribution in [0.4, 0.5) is 15.4 Å². The predicted molar refractivity (Wildman–Crippen MR) is 215 cm³/mol. The molecule has 5 rings (SSSR count). The third-order valence-corrected chi connectivity index (χ3v) is 8.87. The van der Waals surface area contributed by atoms with E-state index >= 15 is 0 Å². The Hall–Kier alpha value is -5.90. The van der Waals surface area contributed by atoms with Crippen LogP contribution in [-0.2, 0) is 49.3 Å². The van der Waals surface area contributed by atoms with Gasteiger partial charge in [0, 0.05) is 13.1 Å². The Balaban J connectivity index is 1.63. The molecule has 0 saturated carbocycles. The lowest BCUT2D eigenvalue weighted by molar-refractivity contribution is -0.165. The van der Waals surface area contributed by atoms with Crippen molar-refractivity contribution in [3.8, 4) is 11.8 Å². The van der Waals surface area contributed by atoms with Gasteiger partial charge in [0.2, 0.25) is 11.4 Å². The van der Waals surface area contributed by atoms with Crippen LogP contribution in [0.5, 0.6) is 0 Å². The highest BCUT2D eigenvalue weighted by Gasteiger charge is 2.57. The van der Waals surface area contributed by atoms with Crippen LogP contribution in [0.25, 0.3) is 11.2 Å². The lowest BCUT2D eigenvalue weighted by Crippen LogP contribution is -2.44. The number of hydrogen-bond donors (Lipinski definition) is 0. The van der Waals surface area contributed by atoms with Gasteiger partial charge >= 0.3 is 24.1 Å². The number of benzene rings is 1. The molecule has 4 heterocycles. The summed E-state index contributed by atoms with van der Waals surface area (Å²) in [5.74, 6) is 3.66. The Morgan fingerprint density at radius 2 is 1.63 bits per heavy atom. The van der Waals surface area contributed by atoms with Crippen LogP contribution in [0.3, 0.4) is 0 Å². The number of fused-ring (bicyclic) bond motifs is 1. The Bertz CT molecular complexity index is 2280. The van der Waals surface area contributed by atoms with E-state index in [1.54, 1.807) is 72.3 Å². The lowest BCUT2D eigenvalue weighted by atomic mass is 9.80. The van der Waals surface area contributed by atoms with E-state index in [0.29, 0.717) is 17.1 Å². The van der Waals surface area contributed by atoms with Crippen LogP contribution in [0.15, 0.2) is 48.9 Å². The van der Waals surface area contributed by atoms with E-state index in [4.69, 9.17) is 40.0 Å². The second-order valence-electron chi connectivity index (χ2n) is 16.0. The fraction of sp³-hybridized carbons (Fsp3) is 0.488. The highest BCUT2D eigenvalue weighted by atomic mass is 35.5. The first-order valence-corrected chi connectivity index (χ1v) is 19.4. The number of ether oxygens (including phenoxy) is 6. The monoisotopic (exact) mass is 849 g/mol. The zero-order valence-corrected chi connectivity index (χ0v) is 35.8. The summed E-state index contributed by atoms with van der Waals surface area (Å²) < 4.78 is 37.7. The number of hydrogen-bond acceptors (Lipinski definition) is 15. The van der Waals surface area contributed by atoms with Gasteiger partial charge in [0.05, 0.1) is 31.5 Å². The van der Waals surface area contributed by atoms with Gasteiger partial charge < -0.3 is 28.4 Å². The first kappa shape index (κ1) is 45.2. The molecule has 19 heteroatoms. The van der Waals surface area contributed by atoms with Gasteiger partial charge in [-0.3, -0.25) is 18.8 Å². The van der Waals surface area contributed by atoms with Gasteiger partial charge in [0.15, 0.2) is 35.1 Å². The average molecular weight is 850 g/mol. The summed E-state index contributed by atoms with van der Waals surface area (Å²) in [7, 11) is 0. The number of amides is 2. The molecule has 0 radical (unpaired) electrons. The molecule has 4 aromatic rings. The van der Waals surface area contributed by atoms with E-state index in [1.165, 1.54) is 24.7 Å². The van der Waals surface area contributed by atoms with Gasteiger partial charge in [0.1, 0.15) is 23.0 Å². The number of ketones is 1. The molecular weight excluding hydrogens is 802 g/mol. The molecule has 1 fully saturated rings. The maximum absolute atomic E-state index is 13.6. The average Bonchev–Trinajstić information content (AvgIpc) is 3.83. The molecule has 320 valence electrons. The second kappa shape index (κ2) is 18.2. The number of halogens is 1. The van der Waals surface area contributed by atoms with Crippen molar-refractivity contribution in [3.05, 3.63) is 65.5 Å². The molecule has 1 unspecified atom stereocenters. The fourth-order valence-corrected chi connectivity index (χ4v) is 6.27. The molecule has 0 N–H and O–H groups in total. The number of esters is 2. The highest BCUT2D eigenvalue weighted by Crippen LogP contribution is 2.47. The predicted octanol–water partition coefficient (Wildman–Crippen LogP) is 5.83. The minimum Gasteiger partial charge on any atom is -0.464 e. The first-order valence-electron chi connectivity index (χ1n) is 19.0. The number of rotatable bonds is 11. The van der Waals surface area contributed by atoms with E-state index in [-0.39, 0.29) is 23.6 Å². The summed E-state index contributed by atoms with van der Waals surface area (Å²) in [5, 5.41) is 4.19. The Morgan fingerprint density at radius 1 is 0.983 bits per heavy atom. The summed E-state index contributed by atoms with van der Waals surface area (Å²) in [5.41, 5.74) is -2.31. The van der Waals surface area contributed by atoms with Crippen LogP contribution >= 0.6 is 11.6 Å². The van der Waals surface area contributed by atoms with E-state index in [1.807, 2.05) is 30.3 Å². The lowest BCUT2D eigenvalue weighted by Gasteiger charge is -2.30. The van der Waals surface area contributed by atoms with Crippen LogP contribution < -0.4 is 4.90 Å². The van der Waals surface area contributed by atoms with E-state index in [2.05, 4.69) is 31.9 Å². The molecule has 0 bridgehead atoms. The fourth-order valence-electron chi connectivity index (χ4n) is 6.11. The third-order valence-electron chi connectivity index (χ3n) is 8.70. The Kier molecular flexibility index (Phi) is 13.7. The van der Waals surface area contributed by atoms with Crippen molar-refractivity contribution in [2.24, 2.45) is 5.41 Å². The number of nitrogens with zero attached hydrogens (tertiary/aromatic N) is 7. The number of imidazole rings is 1. The van der Waals surface area contributed by atoms with Gasteiger partial charge in [-0.15, -0.1) is 0 Å². The standard InChI is InChI=1S/C41H48ClN7O11/c1-11-55-35(52)30(24(2)50)56-22-28-41(10,19-17-27-18-20-47(46-27)21-26-15-13-12-14-16-26)31(57-25(3)51)34(58-28)48-23-43-29-32(48)44-36(42)45-33(29)49(37(53)59-39(4,5)6)38(54)60-40(7,8)9/h12-16,18,20,23,28,30-31,34H,11,21-22H2,1-10H3/t28-,30?,31+,34-,41+/m1/s1. The summed E-state index contributed by atoms with van der Waals surface area (Å²) >= 11 is 6.48. The van der Waals surface area contributed by atoms with Crippen molar-refractivity contribution in [1.29, 1.82) is 0 Å². The van der Waals surface area contributed by atoms with Crippen LogP contribution in [0.1, 0.15) is 86.7 Å². The van der Waals surface area contributed by atoms with Crippen molar-refractivity contribution in [2.75, 3.05) is 18.1 Å². The molecule has 1 aliphatic rings. The minimum absolute atomic E-state index is 0.00199.